The Morgan fingerprint density at radius 3 is 2.90 bits per heavy atom. The summed E-state index contributed by atoms with van der Waals surface area (Å²) >= 11 is 6.74. The fraction of sp³-hybridized carbons (Fsp3) is 0.500. The van der Waals surface area contributed by atoms with Gasteiger partial charge in [0.25, 0.3) is 0 Å². The molecule has 58 valence electrons. The maximum atomic E-state index is 10.4. The smallest absolute Gasteiger partial charge is 0.303 e. The van der Waals surface area contributed by atoms with Gasteiger partial charge in [0.05, 0.1) is 5.88 Å². The van der Waals surface area contributed by atoms with E-state index in [4.69, 9.17) is 16.3 Å². The van der Waals surface area contributed by atoms with Gasteiger partial charge in [-0.3, -0.25) is 4.79 Å². The van der Waals surface area contributed by atoms with Crippen LogP contribution < -0.4 is 0 Å². The van der Waals surface area contributed by atoms with Gasteiger partial charge in [0, 0.05) is 6.92 Å². The Hall–Kier alpha value is -0.150. The summed E-state index contributed by atoms with van der Waals surface area (Å²) in [4.78, 5) is 10.4. The molecule has 0 aromatic carbocycles. The van der Waals surface area contributed by atoms with E-state index in [1.54, 1.807) is 5.41 Å². The summed E-state index contributed by atoms with van der Waals surface area (Å²) < 4.78 is 4.76. The Morgan fingerprint density at radius 2 is 2.60 bits per heavy atom. The van der Waals surface area contributed by atoms with Crippen LogP contribution in [0.5, 0.6) is 0 Å². The molecule has 0 radical (unpaired) electrons. The van der Waals surface area contributed by atoms with Crippen LogP contribution in [0.2, 0.25) is 0 Å². The van der Waals surface area contributed by atoms with Crippen molar-refractivity contribution in [3.63, 3.8) is 0 Å². The molecule has 4 heteroatoms. The van der Waals surface area contributed by atoms with Crippen LogP contribution in [0.3, 0.4) is 0 Å². The average Bonchev–Trinajstić information content (AvgIpc) is 1.86. The number of carbonyl (C=O) groups is 1. The Balaban J connectivity index is 3.59. The van der Waals surface area contributed by atoms with Gasteiger partial charge >= 0.3 is 5.97 Å². The van der Waals surface area contributed by atoms with E-state index < -0.39 is 0 Å². The predicted octanol–water partition coefficient (Wildman–Crippen LogP) is 1.99. The highest BCUT2D eigenvalue weighted by molar-refractivity contribution is 8.02. The Bertz CT molecular complexity index is 127. The first-order chi connectivity index (χ1) is 4.70. The number of hydrogen-bond donors (Lipinski definition) is 0. The first kappa shape index (κ1) is 9.85. The highest BCUT2D eigenvalue weighted by atomic mass is 35.5. The lowest BCUT2D eigenvalue weighted by atomic mass is 10.8. The van der Waals surface area contributed by atoms with Crippen molar-refractivity contribution in [2.75, 3.05) is 5.88 Å². The zero-order valence-electron chi connectivity index (χ0n) is 5.67. The molecule has 0 unspecified atom stereocenters. The molecule has 0 bridgehead atoms. The largest absolute Gasteiger partial charge is 0.450 e. The minimum absolute atomic E-state index is 0.288. The molecule has 0 heterocycles. The maximum Gasteiger partial charge on any atom is 0.303 e. The summed E-state index contributed by atoms with van der Waals surface area (Å²) in [7, 11) is 0. The molecule has 0 fully saturated rings. The molecule has 0 N–H and O–H groups in total. The van der Waals surface area contributed by atoms with E-state index in [1.807, 2.05) is 0 Å². The number of rotatable bonds is 4. The Kier molecular flexibility index (Phi) is 5.54. The zero-order valence-corrected chi connectivity index (χ0v) is 7.24. The normalized spacial score (nSPS) is 12.2. The monoisotopic (exact) mass is 180 g/mol. The fourth-order valence-corrected chi connectivity index (χ4v) is 1.15. The fourth-order valence-electron chi connectivity index (χ4n) is 0.388. The summed E-state index contributed by atoms with van der Waals surface area (Å²) in [6, 6.07) is 0. The topological polar surface area (TPSA) is 26.3 Å². The van der Waals surface area contributed by atoms with Gasteiger partial charge in [0.2, 0.25) is 0 Å². The van der Waals surface area contributed by atoms with E-state index in [2.05, 4.69) is 6.58 Å². The van der Waals surface area contributed by atoms with Crippen molar-refractivity contribution in [3.8, 4) is 0 Å². The number of halogens is 1. The number of ether oxygens (including phenoxy) is 1. The van der Waals surface area contributed by atoms with Crippen LogP contribution in [0.4, 0.5) is 0 Å². The van der Waals surface area contributed by atoms with E-state index in [9.17, 15) is 4.79 Å². The van der Waals surface area contributed by atoms with Crippen molar-refractivity contribution in [3.05, 3.63) is 12.0 Å². The first-order valence-corrected chi connectivity index (χ1v) is 4.18. The number of esters is 1. The number of alkyl halides is 1. The molecule has 0 amide bonds. The third-order valence-corrected chi connectivity index (χ3v) is 1.89. The third-order valence-electron chi connectivity index (χ3n) is 0.671. The molecule has 0 saturated heterocycles. The van der Waals surface area contributed by atoms with Crippen molar-refractivity contribution in [1.29, 1.82) is 0 Å². The lowest BCUT2D eigenvalue weighted by Crippen LogP contribution is -2.12. The first-order valence-electron chi connectivity index (χ1n) is 2.70. The molecule has 0 aliphatic heterocycles. The second kappa shape index (κ2) is 5.62. The molecule has 0 aromatic heterocycles. The van der Waals surface area contributed by atoms with Crippen molar-refractivity contribution >= 4 is 29.3 Å². The van der Waals surface area contributed by atoms with Crippen molar-refractivity contribution in [2.45, 2.75) is 12.4 Å². The average molecular weight is 181 g/mol. The predicted molar refractivity (Wildman–Crippen MR) is 44.1 cm³/mol. The lowest BCUT2D eigenvalue weighted by Gasteiger charge is -2.09. The van der Waals surface area contributed by atoms with E-state index in [0.717, 1.165) is 0 Å². The molecule has 1 atom stereocenters. The van der Waals surface area contributed by atoms with Gasteiger partial charge in [0.15, 0.2) is 5.44 Å². The minimum Gasteiger partial charge on any atom is -0.450 e. The molecule has 0 aliphatic carbocycles. The van der Waals surface area contributed by atoms with Crippen LogP contribution >= 0.6 is 23.4 Å². The molecule has 0 rings (SSSR count). The van der Waals surface area contributed by atoms with Crippen LogP contribution in [-0.4, -0.2) is 17.3 Å². The molecule has 0 aliphatic rings. The van der Waals surface area contributed by atoms with Crippen LogP contribution in [-0.2, 0) is 9.53 Å². The van der Waals surface area contributed by atoms with Crippen LogP contribution in [0.1, 0.15) is 6.92 Å². The minimum atomic E-state index is -0.319. The SMILES string of the molecule is C=CS[C@H](CCl)OC(C)=O. The molecule has 0 aromatic rings. The van der Waals surface area contributed by atoms with Gasteiger partial charge in [-0.25, -0.2) is 0 Å². The highest BCUT2D eigenvalue weighted by Crippen LogP contribution is 2.14. The van der Waals surface area contributed by atoms with Crippen molar-refractivity contribution < 1.29 is 9.53 Å². The quantitative estimate of drug-likeness (QED) is 0.376. The maximum absolute atomic E-state index is 10.4. The highest BCUT2D eigenvalue weighted by Gasteiger charge is 2.07. The summed E-state index contributed by atoms with van der Waals surface area (Å²) in [5.74, 6) is -0.0315. The van der Waals surface area contributed by atoms with Gasteiger partial charge in [0.1, 0.15) is 0 Å². The van der Waals surface area contributed by atoms with Crippen molar-refractivity contribution in [2.24, 2.45) is 0 Å². The number of thioether (sulfide) groups is 1. The summed E-state index contributed by atoms with van der Waals surface area (Å²) in [6.45, 7) is 4.82. The van der Waals surface area contributed by atoms with Gasteiger partial charge in [-0.05, 0) is 5.41 Å². The number of hydrogen-bond acceptors (Lipinski definition) is 3. The molecular formula is C6H9ClO2S. The van der Waals surface area contributed by atoms with E-state index in [-0.39, 0.29) is 17.3 Å². The number of carbonyl (C=O) groups excluding carboxylic acids is 1. The Labute approximate surface area is 69.6 Å². The molecule has 2 nitrogen and oxygen atoms in total. The second-order valence-corrected chi connectivity index (χ2v) is 2.94. The summed E-state index contributed by atoms with van der Waals surface area (Å²) in [6.07, 6.45) is 0. The molecule has 10 heavy (non-hydrogen) atoms. The van der Waals surface area contributed by atoms with Crippen LogP contribution in [0.15, 0.2) is 12.0 Å². The van der Waals surface area contributed by atoms with E-state index in [1.165, 1.54) is 18.7 Å². The summed E-state index contributed by atoms with van der Waals surface area (Å²) in [5, 5.41) is 1.59. The van der Waals surface area contributed by atoms with Gasteiger partial charge in [-0.15, -0.1) is 11.6 Å². The Morgan fingerprint density at radius 1 is 2.00 bits per heavy atom. The van der Waals surface area contributed by atoms with Crippen molar-refractivity contribution in [1.82, 2.24) is 0 Å². The standard InChI is InChI=1S/C6H9ClO2S/c1-3-10-6(4-7)9-5(2)8/h3,6H,1,4H2,2H3/t6-/m1/s1. The second-order valence-electron chi connectivity index (χ2n) is 1.50. The van der Waals surface area contributed by atoms with Crippen LogP contribution in [0, 0.1) is 0 Å². The summed E-state index contributed by atoms with van der Waals surface area (Å²) in [5.41, 5.74) is -0.295. The van der Waals surface area contributed by atoms with Crippen LogP contribution in [0.25, 0.3) is 0 Å². The molecular weight excluding hydrogens is 172 g/mol. The molecule has 0 spiro atoms. The van der Waals surface area contributed by atoms with E-state index >= 15 is 0 Å². The van der Waals surface area contributed by atoms with Gasteiger partial charge < -0.3 is 4.74 Å². The lowest BCUT2D eigenvalue weighted by molar-refractivity contribution is -0.141. The zero-order chi connectivity index (χ0) is 7.98. The van der Waals surface area contributed by atoms with Gasteiger partial charge in [-0.1, -0.05) is 18.3 Å². The molecule has 0 saturated carbocycles. The third kappa shape index (κ3) is 4.70. The van der Waals surface area contributed by atoms with E-state index in [0.29, 0.717) is 0 Å². The van der Waals surface area contributed by atoms with Gasteiger partial charge in [-0.2, -0.15) is 0 Å².